The predicted octanol–water partition coefficient (Wildman–Crippen LogP) is 1.71. The summed E-state index contributed by atoms with van der Waals surface area (Å²) < 4.78 is 9.37. The highest BCUT2D eigenvalue weighted by Gasteiger charge is 2.23. The molecule has 10 heteroatoms. The van der Waals surface area contributed by atoms with E-state index < -0.39 is 34.9 Å². The van der Waals surface area contributed by atoms with Crippen molar-refractivity contribution in [3.8, 4) is 11.5 Å². The van der Waals surface area contributed by atoms with E-state index in [0.29, 0.717) is 0 Å². The molecular weight excluding hydrogens is 418 g/mol. The molecule has 0 heterocycles. The number of halogens is 1. The van der Waals surface area contributed by atoms with Crippen molar-refractivity contribution >= 4 is 35.0 Å². The van der Waals surface area contributed by atoms with E-state index in [9.17, 15) is 29.4 Å². The van der Waals surface area contributed by atoms with Crippen LogP contribution in [-0.4, -0.2) is 47.9 Å². The quantitative estimate of drug-likeness (QED) is 0.334. The summed E-state index contributed by atoms with van der Waals surface area (Å²) in [5.74, 6) is -3.65. The first kappa shape index (κ1) is 22.7. The molecule has 2 rings (SSSR count). The first-order chi connectivity index (χ1) is 14.2. The van der Waals surface area contributed by atoms with Gasteiger partial charge in [0.05, 0.1) is 24.9 Å². The second-order valence-corrected chi connectivity index (χ2v) is 6.38. The van der Waals surface area contributed by atoms with Gasteiger partial charge in [-0.15, -0.1) is 0 Å². The number of hydrogen-bond donors (Lipinski definition) is 3. The highest BCUT2D eigenvalue weighted by Crippen LogP contribution is 2.37. The lowest BCUT2D eigenvalue weighted by Crippen LogP contribution is -2.28. The number of phenols is 2. The molecule has 0 unspecified atom stereocenters. The smallest absolute Gasteiger partial charge is 0.341 e. The van der Waals surface area contributed by atoms with Crippen molar-refractivity contribution < 1.29 is 38.9 Å². The molecule has 0 aliphatic heterocycles. The van der Waals surface area contributed by atoms with E-state index in [4.69, 9.17) is 16.3 Å². The van der Waals surface area contributed by atoms with Crippen LogP contribution in [0.3, 0.4) is 0 Å². The lowest BCUT2D eigenvalue weighted by molar-refractivity contribution is -0.119. The monoisotopic (exact) mass is 435 g/mol. The summed E-state index contributed by atoms with van der Waals surface area (Å²) in [7, 11) is 2.38. The Morgan fingerprint density at radius 2 is 1.83 bits per heavy atom. The Labute approximate surface area is 176 Å². The lowest BCUT2D eigenvalue weighted by Gasteiger charge is -2.12. The molecule has 0 aromatic heterocycles. The highest BCUT2D eigenvalue weighted by molar-refractivity contribution is 6.33. The van der Waals surface area contributed by atoms with Crippen LogP contribution < -0.4 is 5.32 Å². The molecule has 0 saturated carbocycles. The van der Waals surface area contributed by atoms with Gasteiger partial charge < -0.3 is 25.0 Å². The molecule has 0 spiro atoms. The van der Waals surface area contributed by atoms with E-state index in [2.05, 4.69) is 10.1 Å². The molecule has 9 nitrogen and oxygen atoms in total. The predicted molar refractivity (Wildman–Crippen MR) is 105 cm³/mol. The van der Waals surface area contributed by atoms with Crippen LogP contribution in [0.15, 0.2) is 41.8 Å². The first-order valence-corrected chi connectivity index (χ1v) is 8.92. The number of ether oxygens (including phenoxy) is 2. The first-order valence-electron chi connectivity index (χ1n) is 8.54. The molecule has 0 atom stereocenters. The van der Waals surface area contributed by atoms with Gasteiger partial charge >= 0.3 is 5.97 Å². The Kier molecular flexibility index (Phi) is 7.38. The average Bonchev–Trinajstić information content (AvgIpc) is 2.70. The maximum absolute atomic E-state index is 12.0. The molecule has 0 radical (unpaired) electrons. The number of hydrogen-bond acceptors (Lipinski definition) is 8. The van der Waals surface area contributed by atoms with Gasteiger partial charge in [0.15, 0.2) is 5.76 Å². The number of allylic oxidation sites excluding steroid dienone is 3. The van der Waals surface area contributed by atoms with Crippen LogP contribution in [0.4, 0.5) is 0 Å². The van der Waals surface area contributed by atoms with Crippen LogP contribution in [-0.2, 0) is 30.3 Å². The largest absolute Gasteiger partial charge is 0.507 e. The number of esters is 1. The molecular formula is C20H18ClNO8. The number of phenolic OH excluding ortho intramolecular Hbond substituents is 2. The zero-order valence-corrected chi connectivity index (χ0v) is 16.8. The van der Waals surface area contributed by atoms with Gasteiger partial charge in [0.2, 0.25) is 17.5 Å². The number of carbonyl (C=O) groups is 4. The zero-order valence-electron chi connectivity index (χ0n) is 16.0. The SMILES string of the molecule is COC(=O)c1c(O)cc(O)c(Cl)c1CC/C=C/C(=O)NC1=CC(=O)C(OC)=CC1=O. The van der Waals surface area contributed by atoms with Crippen molar-refractivity contribution in [1.29, 1.82) is 0 Å². The molecule has 1 amide bonds. The van der Waals surface area contributed by atoms with E-state index in [1.54, 1.807) is 0 Å². The van der Waals surface area contributed by atoms with E-state index in [1.807, 2.05) is 0 Å². The molecule has 158 valence electrons. The summed E-state index contributed by atoms with van der Waals surface area (Å²) in [4.78, 5) is 47.5. The number of benzene rings is 1. The molecule has 0 bridgehead atoms. The minimum atomic E-state index is -0.831. The maximum atomic E-state index is 12.0. The van der Waals surface area contributed by atoms with E-state index >= 15 is 0 Å². The molecule has 1 aliphatic carbocycles. The lowest BCUT2D eigenvalue weighted by atomic mass is 10.0. The van der Waals surface area contributed by atoms with Crippen molar-refractivity contribution in [2.45, 2.75) is 12.8 Å². The van der Waals surface area contributed by atoms with Crippen LogP contribution in [0, 0.1) is 0 Å². The van der Waals surface area contributed by atoms with Crippen molar-refractivity contribution in [2.24, 2.45) is 0 Å². The Bertz CT molecular complexity index is 1010. The number of carbonyl (C=O) groups excluding carboxylic acids is 4. The van der Waals surface area contributed by atoms with E-state index in [1.165, 1.54) is 13.2 Å². The van der Waals surface area contributed by atoms with Crippen molar-refractivity contribution in [3.05, 3.63) is 58.0 Å². The standard InChI is InChI=1S/C20H18ClNO8/c1-29-16-9-12(23)11(7-13(16)24)22-17(27)6-4-3-5-10-18(20(28)30-2)14(25)8-15(26)19(10)21/h4,6-9,25-26H,3,5H2,1-2H3,(H,22,27)/b6-4+. The summed E-state index contributed by atoms with van der Waals surface area (Å²) in [5, 5.41) is 21.9. The van der Waals surface area contributed by atoms with E-state index in [-0.39, 0.29) is 40.4 Å². The Hall–Kier alpha value is -3.59. The topological polar surface area (TPSA) is 139 Å². The Balaban J connectivity index is 2.06. The third-order valence-electron chi connectivity index (χ3n) is 4.06. The number of methoxy groups -OCH3 is 2. The molecule has 0 saturated heterocycles. The number of nitrogens with one attached hydrogen (secondary N) is 1. The summed E-state index contributed by atoms with van der Waals surface area (Å²) in [6.07, 6.45) is 4.79. The fraction of sp³-hybridized carbons (Fsp3) is 0.200. The third-order valence-corrected chi connectivity index (χ3v) is 4.49. The van der Waals surface area contributed by atoms with Gasteiger partial charge in [-0.25, -0.2) is 4.79 Å². The summed E-state index contributed by atoms with van der Waals surface area (Å²) in [5.41, 5.74) is -0.223. The fourth-order valence-corrected chi connectivity index (χ4v) is 2.88. The molecule has 0 fully saturated rings. The normalized spacial score (nSPS) is 13.7. The van der Waals surface area contributed by atoms with Crippen LogP contribution >= 0.6 is 11.6 Å². The number of ketones is 2. The van der Waals surface area contributed by atoms with E-state index in [0.717, 1.165) is 31.4 Å². The van der Waals surface area contributed by atoms with Crippen molar-refractivity contribution in [2.75, 3.05) is 14.2 Å². The van der Waals surface area contributed by atoms with Gasteiger partial charge in [-0.2, -0.15) is 0 Å². The van der Waals surface area contributed by atoms with Gasteiger partial charge in [-0.3, -0.25) is 14.4 Å². The second-order valence-electron chi connectivity index (χ2n) is 6.00. The van der Waals surface area contributed by atoms with Crippen LogP contribution in [0.5, 0.6) is 11.5 Å². The van der Waals surface area contributed by atoms with Crippen LogP contribution in [0.2, 0.25) is 5.02 Å². The van der Waals surface area contributed by atoms with Gasteiger partial charge in [0.25, 0.3) is 0 Å². The Morgan fingerprint density at radius 1 is 1.13 bits per heavy atom. The van der Waals surface area contributed by atoms with Crippen LogP contribution in [0.25, 0.3) is 0 Å². The summed E-state index contributed by atoms with van der Waals surface area (Å²) in [6, 6.07) is 0.932. The third kappa shape index (κ3) is 5.06. The van der Waals surface area contributed by atoms with Gasteiger partial charge in [-0.05, 0) is 24.5 Å². The minimum Gasteiger partial charge on any atom is -0.507 e. The fourth-order valence-electron chi connectivity index (χ4n) is 2.64. The Morgan fingerprint density at radius 3 is 2.47 bits per heavy atom. The highest BCUT2D eigenvalue weighted by atomic mass is 35.5. The zero-order chi connectivity index (χ0) is 22.4. The molecule has 1 aromatic rings. The average molecular weight is 436 g/mol. The maximum Gasteiger partial charge on any atom is 0.341 e. The molecule has 30 heavy (non-hydrogen) atoms. The van der Waals surface area contributed by atoms with Crippen LogP contribution in [0.1, 0.15) is 22.3 Å². The number of amides is 1. The van der Waals surface area contributed by atoms with Gasteiger partial charge in [0.1, 0.15) is 17.1 Å². The summed E-state index contributed by atoms with van der Waals surface area (Å²) in [6.45, 7) is 0. The molecule has 3 N–H and O–H groups in total. The summed E-state index contributed by atoms with van der Waals surface area (Å²) >= 11 is 6.03. The molecule has 1 aliphatic rings. The van der Waals surface area contributed by atoms with Gasteiger partial charge in [0, 0.05) is 18.2 Å². The van der Waals surface area contributed by atoms with Gasteiger partial charge in [-0.1, -0.05) is 17.7 Å². The number of aromatic hydroxyl groups is 2. The second kappa shape index (κ2) is 9.75. The minimum absolute atomic E-state index is 0.0923. The van der Waals surface area contributed by atoms with Crippen molar-refractivity contribution in [3.63, 3.8) is 0 Å². The number of rotatable bonds is 7. The molecule has 1 aromatic carbocycles. The van der Waals surface area contributed by atoms with Crippen molar-refractivity contribution in [1.82, 2.24) is 5.32 Å².